The highest BCUT2D eigenvalue weighted by Crippen LogP contribution is 2.36. The highest BCUT2D eigenvalue weighted by Gasteiger charge is 2.16. The number of rotatable bonds is 1. The van der Waals surface area contributed by atoms with E-state index in [-0.39, 0.29) is 0 Å². The maximum Gasteiger partial charge on any atom is 0.0943 e. The van der Waals surface area contributed by atoms with Gasteiger partial charge >= 0.3 is 0 Å². The standard InChI is InChI=1S/C18H12Cl2N2O/c1-10-18-15(4-5-22(10)23)16-8-11(2-3-17(16)21-18)12-6-13(19)9-14(20)7-12/h2-9,23H,1H3. The number of nitrogens with zero attached hydrogens (tertiary/aromatic N) is 2. The lowest BCUT2D eigenvalue weighted by Crippen LogP contribution is -1.99. The zero-order valence-corrected chi connectivity index (χ0v) is 13.7. The lowest BCUT2D eigenvalue weighted by molar-refractivity contribution is 0.178. The molecule has 0 unspecified atom stereocenters. The number of benzene rings is 2. The molecule has 0 saturated carbocycles. The van der Waals surface area contributed by atoms with Gasteiger partial charge < -0.3 is 5.21 Å². The Morgan fingerprint density at radius 2 is 1.70 bits per heavy atom. The molecule has 2 aromatic rings. The molecule has 2 aliphatic heterocycles. The summed E-state index contributed by atoms with van der Waals surface area (Å²) in [6.07, 6.45) is 1.63. The van der Waals surface area contributed by atoms with Gasteiger partial charge in [0.05, 0.1) is 16.9 Å². The summed E-state index contributed by atoms with van der Waals surface area (Å²) in [6, 6.07) is 13.4. The third-order valence-corrected chi connectivity index (χ3v) is 4.48. The molecular formula is C18H12Cl2N2O. The highest BCUT2D eigenvalue weighted by atomic mass is 35.5. The SMILES string of the molecule is Cc1c2nc3ccc(-c4cc(Cl)cc(Cl)c4)cc3c-2ccn1O. The highest BCUT2D eigenvalue weighted by molar-refractivity contribution is 6.35. The first-order valence-corrected chi connectivity index (χ1v) is 7.86. The molecule has 2 heterocycles. The van der Waals surface area contributed by atoms with Crippen molar-refractivity contribution in [3.05, 3.63) is 64.4 Å². The predicted molar refractivity (Wildman–Crippen MR) is 93.7 cm³/mol. The number of halogens is 2. The van der Waals surface area contributed by atoms with Gasteiger partial charge in [-0.05, 0) is 54.4 Å². The predicted octanol–water partition coefficient (Wildman–Crippen LogP) is 5.66. The second kappa shape index (κ2) is 5.15. The molecule has 0 saturated heterocycles. The minimum absolute atomic E-state index is 0.607. The van der Waals surface area contributed by atoms with Gasteiger partial charge in [0.1, 0.15) is 0 Å². The summed E-state index contributed by atoms with van der Waals surface area (Å²) < 4.78 is 1.09. The molecule has 23 heavy (non-hydrogen) atoms. The van der Waals surface area contributed by atoms with Crippen LogP contribution in [0.3, 0.4) is 0 Å². The van der Waals surface area contributed by atoms with E-state index in [2.05, 4.69) is 11.1 Å². The van der Waals surface area contributed by atoms with Gasteiger partial charge in [-0.2, -0.15) is 4.73 Å². The molecule has 2 aromatic carbocycles. The normalized spacial score (nSPS) is 11.4. The van der Waals surface area contributed by atoms with Crippen molar-refractivity contribution < 1.29 is 5.21 Å². The molecular weight excluding hydrogens is 331 g/mol. The van der Waals surface area contributed by atoms with E-state index in [1.807, 2.05) is 37.3 Å². The van der Waals surface area contributed by atoms with Crippen LogP contribution < -0.4 is 0 Å². The Balaban J connectivity index is 1.97. The van der Waals surface area contributed by atoms with E-state index in [0.29, 0.717) is 15.7 Å². The van der Waals surface area contributed by atoms with Crippen LogP contribution >= 0.6 is 23.2 Å². The van der Waals surface area contributed by atoms with Crippen molar-refractivity contribution in [2.45, 2.75) is 6.92 Å². The van der Waals surface area contributed by atoms with Crippen molar-refractivity contribution in [2.75, 3.05) is 0 Å². The van der Waals surface area contributed by atoms with Crippen LogP contribution in [0.5, 0.6) is 0 Å². The van der Waals surface area contributed by atoms with Crippen molar-refractivity contribution in [1.82, 2.24) is 9.71 Å². The molecule has 0 radical (unpaired) electrons. The Morgan fingerprint density at radius 3 is 2.43 bits per heavy atom. The van der Waals surface area contributed by atoms with E-state index in [0.717, 1.165) is 38.0 Å². The fourth-order valence-electron chi connectivity index (χ4n) is 2.87. The monoisotopic (exact) mass is 342 g/mol. The Kier molecular flexibility index (Phi) is 3.22. The molecule has 0 aliphatic carbocycles. The molecule has 0 fully saturated rings. The average Bonchev–Trinajstić information content (AvgIpc) is 2.88. The Hall–Kier alpha value is -2.23. The van der Waals surface area contributed by atoms with Gasteiger partial charge in [0.2, 0.25) is 0 Å². The van der Waals surface area contributed by atoms with Crippen LogP contribution in [-0.4, -0.2) is 14.9 Å². The second-order valence-electron chi connectivity index (χ2n) is 5.51. The van der Waals surface area contributed by atoms with Crippen molar-refractivity contribution in [3.63, 3.8) is 0 Å². The van der Waals surface area contributed by atoms with Crippen molar-refractivity contribution in [1.29, 1.82) is 0 Å². The topological polar surface area (TPSA) is 38.0 Å². The third-order valence-electron chi connectivity index (χ3n) is 4.04. The van der Waals surface area contributed by atoms with Gasteiger partial charge in [-0.1, -0.05) is 29.3 Å². The van der Waals surface area contributed by atoms with Crippen molar-refractivity contribution in [3.8, 4) is 22.4 Å². The van der Waals surface area contributed by atoms with Crippen molar-refractivity contribution >= 4 is 34.1 Å². The van der Waals surface area contributed by atoms with Gasteiger partial charge in [-0.25, -0.2) is 4.98 Å². The number of fused-ring (bicyclic) bond motifs is 3. The fraction of sp³-hybridized carbons (Fsp3) is 0.0556. The van der Waals surface area contributed by atoms with E-state index in [1.165, 1.54) is 0 Å². The summed E-state index contributed by atoms with van der Waals surface area (Å²) in [4.78, 5) is 4.61. The Bertz CT molecular complexity index is 1000. The van der Waals surface area contributed by atoms with Gasteiger partial charge in [-0.3, -0.25) is 0 Å². The van der Waals surface area contributed by atoms with E-state index in [4.69, 9.17) is 23.2 Å². The lowest BCUT2D eigenvalue weighted by atomic mass is 10.0. The summed E-state index contributed by atoms with van der Waals surface area (Å²) in [6.45, 7) is 1.84. The fourth-order valence-corrected chi connectivity index (χ4v) is 3.39. The average molecular weight is 343 g/mol. The zero-order valence-electron chi connectivity index (χ0n) is 12.2. The minimum Gasteiger partial charge on any atom is -0.429 e. The zero-order chi connectivity index (χ0) is 16.1. The summed E-state index contributed by atoms with van der Waals surface area (Å²) in [7, 11) is 0. The second-order valence-corrected chi connectivity index (χ2v) is 6.38. The van der Waals surface area contributed by atoms with Crippen molar-refractivity contribution in [2.24, 2.45) is 0 Å². The first-order chi connectivity index (χ1) is 11.0. The Labute approximate surface area is 143 Å². The first kappa shape index (κ1) is 14.4. The van der Waals surface area contributed by atoms with Gasteiger partial charge in [0.15, 0.2) is 0 Å². The largest absolute Gasteiger partial charge is 0.429 e. The van der Waals surface area contributed by atoms with E-state index in [1.54, 1.807) is 12.3 Å². The van der Waals surface area contributed by atoms with Crippen LogP contribution in [0.4, 0.5) is 0 Å². The van der Waals surface area contributed by atoms with Crippen LogP contribution in [-0.2, 0) is 0 Å². The molecule has 0 aromatic heterocycles. The van der Waals surface area contributed by atoms with Crippen LogP contribution in [0.1, 0.15) is 5.69 Å². The maximum absolute atomic E-state index is 9.78. The molecule has 0 atom stereocenters. The van der Waals surface area contributed by atoms with Crippen LogP contribution in [0.15, 0.2) is 48.7 Å². The van der Waals surface area contributed by atoms with E-state index in [9.17, 15) is 5.21 Å². The summed E-state index contributed by atoms with van der Waals surface area (Å²) in [5.41, 5.74) is 5.40. The third kappa shape index (κ3) is 2.33. The Morgan fingerprint density at radius 1 is 0.957 bits per heavy atom. The quantitative estimate of drug-likeness (QED) is 0.453. The molecule has 5 heteroatoms. The number of aromatic nitrogens is 2. The molecule has 1 N–H and O–H groups in total. The minimum atomic E-state index is 0.607. The summed E-state index contributed by atoms with van der Waals surface area (Å²) in [5, 5.41) is 12.0. The first-order valence-electron chi connectivity index (χ1n) is 7.10. The summed E-state index contributed by atoms with van der Waals surface area (Å²) >= 11 is 12.2. The van der Waals surface area contributed by atoms with Gasteiger partial charge in [-0.15, -0.1) is 0 Å². The van der Waals surface area contributed by atoms with Crippen LogP contribution in [0.25, 0.3) is 33.3 Å². The molecule has 0 amide bonds. The number of hydrogen-bond donors (Lipinski definition) is 1. The lowest BCUT2D eigenvalue weighted by Gasteiger charge is -2.07. The van der Waals surface area contributed by atoms with Gasteiger partial charge in [0, 0.05) is 27.2 Å². The van der Waals surface area contributed by atoms with Crippen LogP contribution in [0.2, 0.25) is 10.0 Å². The molecule has 2 aliphatic rings. The molecule has 4 rings (SSSR count). The molecule has 114 valence electrons. The smallest absolute Gasteiger partial charge is 0.0943 e. The molecule has 3 nitrogen and oxygen atoms in total. The van der Waals surface area contributed by atoms with Gasteiger partial charge in [0.25, 0.3) is 0 Å². The summed E-state index contributed by atoms with van der Waals surface area (Å²) in [5.74, 6) is 0. The van der Waals surface area contributed by atoms with Crippen LogP contribution in [0, 0.1) is 6.92 Å². The van der Waals surface area contributed by atoms with E-state index < -0.39 is 0 Å². The number of hydrogen-bond acceptors (Lipinski definition) is 2. The molecule has 0 spiro atoms. The number of pyridine rings is 1. The maximum atomic E-state index is 9.78. The molecule has 0 bridgehead atoms. The van der Waals surface area contributed by atoms with E-state index >= 15 is 0 Å².